The van der Waals surface area contributed by atoms with Gasteiger partial charge in [0.25, 0.3) is 5.91 Å². The average Bonchev–Trinajstić information content (AvgIpc) is 2.89. The van der Waals surface area contributed by atoms with Gasteiger partial charge in [0.1, 0.15) is 5.82 Å². The van der Waals surface area contributed by atoms with Crippen molar-refractivity contribution in [3.63, 3.8) is 0 Å². The largest absolute Gasteiger partial charge is 0.305 e. The molecule has 6 nitrogen and oxygen atoms in total. The second-order valence-electron chi connectivity index (χ2n) is 3.95. The van der Waals surface area contributed by atoms with Gasteiger partial charge in [-0.3, -0.25) is 9.89 Å². The Morgan fingerprint density at radius 2 is 2.41 bits per heavy atom. The van der Waals surface area contributed by atoms with Gasteiger partial charge in [-0.05, 0) is 12.8 Å². The second-order valence-corrected chi connectivity index (χ2v) is 3.95. The van der Waals surface area contributed by atoms with Crippen LogP contribution >= 0.6 is 0 Å². The summed E-state index contributed by atoms with van der Waals surface area (Å²) in [4.78, 5) is 11.7. The first-order valence-corrected chi connectivity index (χ1v) is 5.30. The van der Waals surface area contributed by atoms with E-state index in [0.717, 1.165) is 18.9 Å². The number of halogens is 1. The predicted octanol–water partition coefficient (Wildman–Crippen LogP) is 1.33. The van der Waals surface area contributed by atoms with Gasteiger partial charge in [0.2, 0.25) is 5.95 Å². The molecule has 1 fully saturated rings. The molecule has 2 N–H and O–H groups in total. The fourth-order valence-electron chi connectivity index (χ4n) is 1.62. The number of nitrogens with one attached hydrogen (secondary N) is 2. The highest BCUT2D eigenvalue weighted by Gasteiger charge is 2.27. The minimum Gasteiger partial charge on any atom is -0.305 e. The van der Waals surface area contributed by atoms with E-state index in [9.17, 15) is 9.18 Å². The summed E-state index contributed by atoms with van der Waals surface area (Å²) in [6.07, 6.45) is 3.77. The molecule has 0 aromatic carbocycles. The third kappa shape index (κ3) is 1.91. The molecule has 2 aromatic rings. The molecule has 1 aliphatic carbocycles. The SMILES string of the molecule is O=C(Nc1ccnn1C1CC1)c1cc(F)[nH]n1. The molecule has 3 rings (SSSR count). The molecular formula is C10H10FN5O. The van der Waals surface area contributed by atoms with E-state index in [2.05, 4.69) is 20.6 Å². The topological polar surface area (TPSA) is 75.6 Å². The Morgan fingerprint density at radius 1 is 1.59 bits per heavy atom. The van der Waals surface area contributed by atoms with Gasteiger partial charge in [-0.2, -0.15) is 14.6 Å². The Kier molecular flexibility index (Phi) is 2.17. The summed E-state index contributed by atoms with van der Waals surface area (Å²) in [6, 6.07) is 3.13. The number of aromatic amines is 1. The van der Waals surface area contributed by atoms with Crippen LogP contribution in [0, 0.1) is 5.95 Å². The lowest BCUT2D eigenvalue weighted by molar-refractivity contribution is 0.102. The van der Waals surface area contributed by atoms with Gasteiger partial charge in [-0.25, -0.2) is 4.68 Å². The normalized spacial score (nSPS) is 14.9. The van der Waals surface area contributed by atoms with Crippen LogP contribution < -0.4 is 5.32 Å². The zero-order chi connectivity index (χ0) is 11.8. The number of hydrogen-bond donors (Lipinski definition) is 2. The van der Waals surface area contributed by atoms with Gasteiger partial charge in [0.05, 0.1) is 12.2 Å². The van der Waals surface area contributed by atoms with Crippen LogP contribution in [0.5, 0.6) is 0 Å². The summed E-state index contributed by atoms with van der Waals surface area (Å²) in [7, 11) is 0. The molecule has 0 aliphatic heterocycles. The van der Waals surface area contributed by atoms with Crippen molar-refractivity contribution < 1.29 is 9.18 Å². The third-order valence-electron chi connectivity index (χ3n) is 2.58. The molecule has 0 radical (unpaired) electrons. The third-order valence-corrected chi connectivity index (χ3v) is 2.58. The van der Waals surface area contributed by atoms with Gasteiger partial charge in [-0.1, -0.05) is 0 Å². The number of amides is 1. The van der Waals surface area contributed by atoms with Crippen molar-refractivity contribution in [3.05, 3.63) is 30.0 Å². The van der Waals surface area contributed by atoms with Crippen LogP contribution in [0.25, 0.3) is 0 Å². The highest BCUT2D eigenvalue weighted by molar-refractivity contribution is 6.02. The predicted molar refractivity (Wildman–Crippen MR) is 57.0 cm³/mol. The molecule has 1 aliphatic rings. The second kappa shape index (κ2) is 3.69. The Bertz CT molecular complexity index is 557. The molecule has 7 heteroatoms. The fraction of sp³-hybridized carbons (Fsp3) is 0.300. The molecule has 2 heterocycles. The van der Waals surface area contributed by atoms with Crippen molar-refractivity contribution in [2.45, 2.75) is 18.9 Å². The fourth-order valence-corrected chi connectivity index (χ4v) is 1.62. The molecule has 2 aromatic heterocycles. The number of rotatable bonds is 3. The van der Waals surface area contributed by atoms with Crippen molar-refractivity contribution >= 4 is 11.7 Å². The maximum atomic E-state index is 12.7. The first-order valence-electron chi connectivity index (χ1n) is 5.30. The molecular weight excluding hydrogens is 225 g/mol. The highest BCUT2D eigenvalue weighted by Crippen LogP contribution is 2.36. The van der Waals surface area contributed by atoms with Gasteiger partial charge in [-0.15, -0.1) is 0 Å². The van der Waals surface area contributed by atoms with E-state index in [1.54, 1.807) is 16.9 Å². The molecule has 88 valence electrons. The smallest absolute Gasteiger partial charge is 0.277 e. The highest BCUT2D eigenvalue weighted by atomic mass is 19.1. The number of aromatic nitrogens is 4. The molecule has 17 heavy (non-hydrogen) atoms. The zero-order valence-electron chi connectivity index (χ0n) is 8.85. The number of anilines is 1. The summed E-state index contributed by atoms with van der Waals surface area (Å²) in [5, 5.41) is 12.4. The van der Waals surface area contributed by atoms with Gasteiger partial charge < -0.3 is 5.32 Å². The maximum Gasteiger partial charge on any atom is 0.277 e. The minimum absolute atomic E-state index is 0.0195. The Balaban J connectivity index is 1.78. The first-order chi connectivity index (χ1) is 8.24. The average molecular weight is 235 g/mol. The standard InChI is InChI=1S/C10H10FN5O/c11-8-5-7(14-15-8)10(17)13-9-3-4-12-16(9)6-1-2-6/h3-6H,1-2H2,(H,13,17)(H,14,15). The van der Waals surface area contributed by atoms with E-state index < -0.39 is 11.9 Å². The number of carbonyl (C=O) groups excluding carboxylic acids is 1. The molecule has 0 bridgehead atoms. The van der Waals surface area contributed by atoms with E-state index in [1.165, 1.54) is 0 Å². The van der Waals surface area contributed by atoms with Gasteiger partial charge >= 0.3 is 0 Å². The number of nitrogens with zero attached hydrogens (tertiary/aromatic N) is 3. The van der Waals surface area contributed by atoms with Crippen LogP contribution in [-0.4, -0.2) is 25.9 Å². The van der Waals surface area contributed by atoms with E-state index in [0.29, 0.717) is 11.9 Å². The summed E-state index contributed by atoms with van der Waals surface area (Å²) < 4.78 is 14.4. The number of H-pyrrole nitrogens is 1. The van der Waals surface area contributed by atoms with Gasteiger partial charge in [0.15, 0.2) is 5.69 Å². The van der Waals surface area contributed by atoms with Crippen molar-refractivity contribution in [3.8, 4) is 0 Å². The van der Waals surface area contributed by atoms with Crippen molar-refractivity contribution in [2.75, 3.05) is 5.32 Å². The van der Waals surface area contributed by atoms with Crippen LogP contribution in [0.4, 0.5) is 10.2 Å². The molecule has 1 saturated carbocycles. The molecule has 0 atom stereocenters. The molecule has 1 amide bonds. The van der Waals surface area contributed by atoms with E-state index in [1.807, 2.05) is 0 Å². The lowest BCUT2D eigenvalue weighted by Crippen LogP contribution is -2.15. The molecule has 0 unspecified atom stereocenters. The lowest BCUT2D eigenvalue weighted by atomic mass is 10.4. The Morgan fingerprint density at radius 3 is 3.06 bits per heavy atom. The van der Waals surface area contributed by atoms with E-state index >= 15 is 0 Å². The molecule has 0 saturated heterocycles. The summed E-state index contributed by atoms with van der Waals surface area (Å²) in [6.45, 7) is 0. The maximum absolute atomic E-state index is 12.7. The van der Waals surface area contributed by atoms with Crippen molar-refractivity contribution in [1.29, 1.82) is 0 Å². The Hall–Kier alpha value is -2.18. The zero-order valence-corrected chi connectivity index (χ0v) is 8.85. The first kappa shape index (κ1) is 10.0. The lowest BCUT2D eigenvalue weighted by Gasteiger charge is -2.05. The monoisotopic (exact) mass is 235 g/mol. The Labute approximate surface area is 95.8 Å². The minimum atomic E-state index is -0.633. The summed E-state index contributed by atoms with van der Waals surface area (Å²) >= 11 is 0. The van der Waals surface area contributed by atoms with Crippen LogP contribution in [0.3, 0.4) is 0 Å². The van der Waals surface area contributed by atoms with E-state index in [4.69, 9.17) is 0 Å². The number of hydrogen-bond acceptors (Lipinski definition) is 3. The molecule has 0 spiro atoms. The van der Waals surface area contributed by atoms with Crippen molar-refractivity contribution in [1.82, 2.24) is 20.0 Å². The van der Waals surface area contributed by atoms with Gasteiger partial charge in [0, 0.05) is 12.1 Å². The van der Waals surface area contributed by atoms with E-state index in [-0.39, 0.29) is 5.69 Å². The van der Waals surface area contributed by atoms with Crippen LogP contribution in [0.1, 0.15) is 29.4 Å². The van der Waals surface area contributed by atoms with Crippen LogP contribution in [0.15, 0.2) is 18.3 Å². The summed E-state index contributed by atoms with van der Waals surface area (Å²) in [5.41, 5.74) is 0.0195. The quantitative estimate of drug-likeness (QED) is 0.842. The summed E-state index contributed by atoms with van der Waals surface area (Å²) in [5.74, 6) is -0.473. The number of carbonyl (C=O) groups is 1. The van der Waals surface area contributed by atoms with Crippen LogP contribution in [-0.2, 0) is 0 Å². The van der Waals surface area contributed by atoms with Crippen LogP contribution in [0.2, 0.25) is 0 Å². The van der Waals surface area contributed by atoms with Crippen molar-refractivity contribution in [2.24, 2.45) is 0 Å².